The van der Waals surface area contributed by atoms with Gasteiger partial charge in [0, 0.05) is 24.2 Å². The van der Waals surface area contributed by atoms with Crippen molar-refractivity contribution < 1.29 is 9.53 Å². The van der Waals surface area contributed by atoms with Gasteiger partial charge in [0.25, 0.3) is 5.91 Å². The van der Waals surface area contributed by atoms with Gasteiger partial charge in [0.15, 0.2) is 0 Å². The summed E-state index contributed by atoms with van der Waals surface area (Å²) in [6.07, 6.45) is 10.0. The quantitative estimate of drug-likeness (QED) is 0.859. The summed E-state index contributed by atoms with van der Waals surface area (Å²) in [7, 11) is 0. The molecule has 3 fully saturated rings. The lowest BCUT2D eigenvalue weighted by molar-refractivity contribution is 0.0680. The van der Waals surface area contributed by atoms with Crippen molar-refractivity contribution in [3.05, 3.63) is 29.8 Å². The maximum Gasteiger partial charge on any atom is 0.254 e. The lowest BCUT2D eigenvalue weighted by Gasteiger charge is -2.28. The first-order chi connectivity index (χ1) is 12.3. The normalized spacial score (nSPS) is 26.1. The molecule has 0 spiro atoms. The standard InChI is InChI=1S/C21H30N2O2.ClH/c24-21(23-18-8-9-19(23)14-22-13-12-18)17-6-10-20(11-7-17)25-15-16-4-2-1-3-5-16;/h6-7,10-11,16,18-19,22H,1-5,8-9,12-15H2;1H. The fourth-order valence-electron chi connectivity index (χ4n) is 4.72. The van der Waals surface area contributed by atoms with Crippen LogP contribution in [0.25, 0.3) is 0 Å². The largest absolute Gasteiger partial charge is 0.493 e. The Labute approximate surface area is 163 Å². The lowest BCUT2D eigenvalue weighted by Crippen LogP contribution is -2.42. The average Bonchev–Trinajstić information content (AvgIpc) is 2.93. The van der Waals surface area contributed by atoms with E-state index in [9.17, 15) is 4.79 Å². The topological polar surface area (TPSA) is 41.6 Å². The zero-order chi connectivity index (χ0) is 17.1. The van der Waals surface area contributed by atoms with Gasteiger partial charge >= 0.3 is 0 Å². The van der Waals surface area contributed by atoms with Crippen molar-refractivity contribution >= 4 is 18.3 Å². The first-order valence-electron chi connectivity index (χ1n) is 10.1. The van der Waals surface area contributed by atoms with Crippen molar-refractivity contribution in [2.45, 2.75) is 63.5 Å². The molecule has 2 aliphatic heterocycles. The molecule has 2 unspecified atom stereocenters. The molecular formula is C21H31ClN2O2. The number of fused-ring (bicyclic) bond motifs is 2. The highest BCUT2D eigenvalue weighted by Gasteiger charge is 2.38. The summed E-state index contributed by atoms with van der Waals surface area (Å²) in [6.45, 7) is 2.78. The van der Waals surface area contributed by atoms with Gasteiger partial charge in [0.2, 0.25) is 0 Å². The Bertz CT molecular complexity index is 572. The third-order valence-corrected chi connectivity index (χ3v) is 6.20. The number of benzene rings is 1. The second-order valence-electron chi connectivity index (χ2n) is 7.93. The number of halogens is 1. The van der Waals surface area contributed by atoms with Gasteiger partial charge in [-0.2, -0.15) is 0 Å². The Morgan fingerprint density at radius 3 is 2.50 bits per heavy atom. The highest BCUT2D eigenvalue weighted by atomic mass is 35.5. The van der Waals surface area contributed by atoms with Crippen LogP contribution in [0.1, 0.15) is 61.7 Å². The van der Waals surface area contributed by atoms with Crippen molar-refractivity contribution in [2.75, 3.05) is 19.7 Å². The van der Waals surface area contributed by atoms with Crippen molar-refractivity contribution in [1.29, 1.82) is 0 Å². The molecule has 4 nitrogen and oxygen atoms in total. The van der Waals surface area contributed by atoms with Gasteiger partial charge in [-0.15, -0.1) is 12.4 Å². The van der Waals surface area contributed by atoms with Crippen LogP contribution in [0.4, 0.5) is 0 Å². The molecule has 2 heterocycles. The van der Waals surface area contributed by atoms with Crippen LogP contribution in [0.5, 0.6) is 5.75 Å². The zero-order valence-electron chi connectivity index (χ0n) is 15.5. The van der Waals surface area contributed by atoms with Gasteiger partial charge in [-0.3, -0.25) is 4.79 Å². The number of nitrogens with one attached hydrogen (secondary N) is 1. The molecule has 4 rings (SSSR count). The van der Waals surface area contributed by atoms with Gasteiger partial charge in [0.1, 0.15) is 5.75 Å². The number of rotatable bonds is 4. The Hall–Kier alpha value is -1.26. The Morgan fingerprint density at radius 1 is 1.00 bits per heavy atom. The fourth-order valence-corrected chi connectivity index (χ4v) is 4.72. The second-order valence-corrected chi connectivity index (χ2v) is 7.93. The first kappa shape index (κ1) is 19.5. The highest BCUT2D eigenvalue weighted by molar-refractivity contribution is 5.95. The minimum atomic E-state index is 0. The van der Waals surface area contributed by atoms with E-state index in [4.69, 9.17) is 4.74 Å². The molecule has 2 atom stereocenters. The van der Waals surface area contributed by atoms with E-state index in [-0.39, 0.29) is 18.3 Å². The maximum absolute atomic E-state index is 13.0. The number of carbonyl (C=O) groups is 1. The smallest absolute Gasteiger partial charge is 0.254 e. The third-order valence-electron chi connectivity index (χ3n) is 6.20. The number of amides is 1. The summed E-state index contributed by atoms with van der Waals surface area (Å²) < 4.78 is 5.97. The molecular weight excluding hydrogens is 348 g/mol. The SMILES string of the molecule is Cl.O=C(c1ccc(OCC2CCCCC2)cc1)N1C2CCNCC1CC2. The summed E-state index contributed by atoms with van der Waals surface area (Å²) >= 11 is 0. The van der Waals surface area contributed by atoms with E-state index in [0.29, 0.717) is 18.0 Å². The van der Waals surface area contributed by atoms with E-state index in [0.717, 1.165) is 50.3 Å². The molecule has 1 aromatic rings. The van der Waals surface area contributed by atoms with Crippen molar-refractivity contribution in [1.82, 2.24) is 10.2 Å². The predicted molar refractivity (Wildman–Crippen MR) is 106 cm³/mol. The van der Waals surface area contributed by atoms with E-state index >= 15 is 0 Å². The molecule has 144 valence electrons. The molecule has 0 radical (unpaired) electrons. The average molecular weight is 379 g/mol. The van der Waals surface area contributed by atoms with E-state index in [1.165, 1.54) is 32.1 Å². The Kier molecular flexibility index (Phi) is 6.82. The van der Waals surface area contributed by atoms with Crippen molar-refractivity contribution in [3.63, 3.8) is 0 Å². The monoisotopic (exact) mass is 378 g/mol. The lowest BCUT2D eigenvalue weighted by atomic mass is 9.90. The second kappa shape index (κ2) is 9.09. The van der Waals surface area contributed by atoms with Crippen molar-refractivity contribution in [3.8, 4) is 5.75 Å². The van der Waals surface area contributed by atoms with E-state index in [2.05, 4.69) is 10.2 Å². The molecule has 2 bridgehead atoms. The van der Waals surface area contributed by atoms with Crippen LogP contribution < -0.4 is 10.1 Å². The minimum Gasteiger partial charge on any atom is -0.493 e. The number of ether oxygens (including phenoxy) is 1. The van der Waals surface area contributed by atoms with Crippen LogP contribution in [0.15, 0.2) is 24.3 Å². The fraction of sp³-hybridized carbons (Fsp3) is 0.667. The number of nitrogens with zero attached hydrogens (tertiary/aromatic N) is 1. The van der Waals surface area contributed by atoms with Gasteiger partial charge in [-0.05, 0) is 68.8 Å². The van der Waals surface area contributed by atoms with E-state index in [1.54, 1.807) is 0 Å². The van der Waals surface area contributed by atoms with Gasteiger partial charge in [-0.1, -0.05) is 19.3 Å². The van der Waals surface area contributed by atoms with Gasteiger partial charge in [-0.25, -0.2) is 0 Å². The van der Waals surface area contributed by atoms with Crippen molar-refractivity contribution in [2.24, 2.45) is 5.92 Å². The molecule has 1 N–H and O–H groups in total. The molecule has 1 saturated carbocycles. The molecule has 1 aliphatic carbocycles. The summed E-state index contributed by atoms with van der Waals surface area (Å²) in [5.41, 5.74) is 0.795. The molecule has 1 aromatic carbocycles. The molecule has 5 heteroatoms. The van der Waals surface area contributed by atoms with Crippen LogP contribution >= 0.6 is 12.4 Å². The molecule has 0 aromatic heterocycles. The molecule has 2 saturated heterocycles. The van der Waals surface area contributed by atoms with E-state index < -0.39 is 0 Å². The summed E-state index contributed by atoms with van der Waals surface area (Å²) in [4.78, 5) is 15.1. The van der Waals surface area contributed by atoms with E-state index in [1.807, 2.05) is 24.3 Å². The molecule has 3 aliphatic rings. The first-order valence-corrected chi connectivity index (χ1v) is 10.1. The summed E-state index contributed by atoms with van der Waals surface area (Å²) in [5.74, 6) is 1.79. The minimum absolute atomic E-state index is 0. The third kappa shape index (κ3) is 4.34. The summed E-state index contributed by atoms with van der Waals surface area (Å²) in [5, 5.41) is 3.46. The predicted octanol–water partition coefficient (Wildman–Crippen LogP) is 4.03. The highest BCUT2D eigenvalue weighted by Crippen LogP contribution is 2.30. The van der Waals surface area contributed by atoms with Crippen LogP contribution in [0.2, 0.25) is 0 Å². The Balaban J connectivity index is 0.00000196. The summed E-state index contributed by atoms with van der Waals surface area (Å²) in [6, 6.07) is 8.59. The van der Waals surface area contributed by atoms with Crippen LogP contribution in [0.3, 0.4) is 0 Å². The number of carbonyl (C=O) groups excluding carboxylic acids is 1. The van der Waals surface area contributed by atoms with Crippen LogP contribution in [0, 0.1) is 5.92 Å². The maximum atomic E-state index is 13.0. The van der Waals surface area contributed by atoms with Gasteiger partial charge < -0.3 is 15.0 Å². The number of hydrogen-bond acceptors (Lipinski definition) is 3. The van der Waals surface area contributed by atoms with Crippen LogP contribution in [-0.2, 0) is 0 Å². The number of hydrogen-bond donors (Lipinski definition) is 1. The van der Waals surface area contributed by atoms with Crippen LogP contribution in [-0.4, -0.2) is 42.6 Å². The molecule has 1 amide bonds. The Morgan fingerprint density at radius 2 is 1.73 bits per heavy atom. The molecule has 26 heavy (non-hydrogen) atoms. The zero-order valence-corrected chi connectivity index (χ0v) is 16.3. The van der Waals surface area contributed by atoms with Gasteiger partial charge in [0.05, 0.1) is 6.61 Å².